The summed E-state index contributed by atoms with van der Waals surface area (Å²) in [6.45, 7) is 4.53. The van der Waals surface area contributed by atoms with E-state index in [-0.39, 0.29) is 18.0 Å². The first kappa shape index (κ1) is 17.7. The van der Waals surface area contributed by atoms with Crippen molar-refractivity contribution in [1.29, 1.82) is 0 Å². The minimum atomic E-state index is -0.307. The van der Waals surface area contributed by atoms with E-state index in [9.17, 15) is 9.59 Å². The number of nitrogens with zero attached hydrogens (tertiary/aromatic N) is 2. The molecule has 0 bridgehead atoms. The summed E-state index contributed by atoms with van der Waals surface area (Å²) in [4.78, 5) is 28.7. The number of benzene rings is 2. The summed E-state index contributed by atoms with van der Waals surface area (Å²) in [6.07, 6.45) is 2.17. The summed E-state index contributed by atoms with van der Waals surface area (Å²) < 4.78 is 7.01. The van der Waals surface area contributed by atoms with Crippen LogP contribution in [0.15, 0.2) is 53.5 Å². The average Bonchev–Trinajstić information content (AvgIpc) is 2.64. The predicted molar refractivity (Wildman–Crippen MR) is 102 cm³/mol. The van der Waals surface area contributed by atoms with Crippen LogP contribution < -0.4 is 15.6 Å². The predicted octanol–water partition coefficient (Wildman–Crippen LogP) is 3.13. The quantitative estimate of drug-likeness (QED) is 0.740. The number of aromatic nitrogens is 2. The molecule has 0 aliphatic carbocycles. The molecule has 0 radical (unpaired) electrons. The van der Waals surface area contributed by atoms with E-state index in [0.717, 1.165) is 17.7 Å². The second kappa shape index (κ2) is 7.82. The number of carbonyl (C=O) groups is 1. The monoisotopic (exact) mass is 351 g/mol. The summed E-state index contributed by atoms with van der Waals surface area (Å²) in [6, 6.07) is 12.8. The Balaban J connectivity index is 1.78. The highest BCUT2D eigenvalue weighted by molar-refractivity contribution is 5.92. The Morgan fingerprint density at radius 2 is 2.04 bits per heavy atom. The maximum Gasteiger partial charge on any atom is 0.269 e. The summed E-state index contributed by atoms with van der Waals surface area (Å²) in [5.74, 6) is 0.507. The summed E-state index contributed by atoms with van der Waals surface area (Å²) >= 11 is 0. The van der Waals surface area contributed by atoms with Gasteiger partial charge in [0.2, 0.25) is 5.91 Å². The van der Waals surface area contributed by atoms with E-state index in [0.29, 0.717) is 23.3 Å². The van der Waals surface area contributed by atoms with Gasteiger partial charge in [-0.3, -0.25) is 14.2 Å². The molecule has 134 valence electrons. The zero-order valence-corrected chi connectivity index (χ0v) is 14.9. The van der Waals surface area contributed by atoms with E-state index >= 15 is 0 Å². The Labute approximate surface area is 151 Å². The van der Waals surface area contributed by atoms with Crippen LogP contribution in [0.25, 0.3) is 11.0 Å². The molecule has 0 unspecified atom stereocenters. The molecular formula is C20H21N3O3. The van der Waals surface area contributed by atoms with Gasteiger partial charge in [0.15, 0.2) is 0 Å². The number of carbonyl (C=O) groups excluding carboxylic acids is 1. The van der Waals surface area contributed by atoms with Crippen LogP contribution in [0.5, 0.6) is 5.75 Å². The maximum atomic E-state index is 12.5. The van der Waals surface area contributed by atoms with Crippen LogP contribution in [0.3, 0.4) is 0 Å². The van der Waals surface area contributed by atoms with Crippen molar-refractivity contribution in [3.63, 3.8) is 0 Å². The van der Waals surface area contributed by atoms with Crippen molar-refractivity contribution >= 4 is 22.6 Å². The lowest BCUT2D eigenvalue weighted by molar-refractivity contribution is -0.116. The standard InChI is InChI=1S/C20H21N3O3/c1-3-10-26-15-8-9-16(14(2)11-15)22-19(24)13-23-18-7-5-4-6-17(18)21-12-20(23)25/h4-9,11-12H,3,10,13H2,1-2H3,(H,22,24). The van der Waals surface area contributed by atoms with Gasteiger partial charge in [0.25, 0.3) is 5.56 Å². The van der Waals surface area contributed by atoms with Crippen molar-refractivity contribution in [2.24, 2.45) is 0 Å². The van der Waals surface area contributed by atoms with E-state index in [1.165, 1.54) is 10.8 Å². The van der Waals surface area contributed by atoms with Crippen molar-refractivity contribution < 1.29 is 9.53 Å². The molecule has 1 amide bonds. The largest absolute Gasteiger partial charge is 0.494 e. The first-order valence-corrected chi connectivity index (χ1v) is 8.56. The molecule has 0 spiro atoms. The molecule has 0 aliphatic heterocycles. The van der Waals surface area contributed by atoms with Crippen molar-refractivity contribution in [3.05, 3.63) is 64.6 Å². The Morgan fingerprint density at radius 3 is 2.81 bits per heavy atom. The molecule has 6 heteroatoms. The van der Waals surface area contributed by atoms with Gasteiger partial charge in [0.05, 0.1) is 23.8 Å². The first-order valence-electron chi connectivity index (χ1n) is 8.56. The Bertz CT molecular complexity index is 995. The molecule has 6 nitrogen and oxygen atoms in total. The fourth-order valence-corrected chi connectivity index (χ4v) is 2.70. The molecule has 1 heterocycles. The molecule has 1 N–H and O–H groups in total. The second-order valence-corrected chi connectivity index (χ2v) is 6.04. The summed E-state index contributed by atoms with van der Waals surface area (Å²) in [5, 5.41) is 2.86. The lowest BCUT2D eigenvalue weighted by Crippen LogP contribution is -2.28. The minimum absolute atomic E-state index is 0.0740. The van der Waals surface area contributed by atoms with Crippen LogP contribution >= 0.6 is 0 Å². The number of fused-ring (bicyclic) bond motifs is 1. The van der Waals surface area contributed by atoms with Gasteiger partial charge in [0, 0.05) is 5.69 Å². The van der Waals surface area contributed by atoms with Gasteiger partial charge < -0.3 is 10.1 Å². The van der Waals surface area contributed by atoms with E-state index in [1.807, 2.05) is 50.2 Å². The molecular weight excluding hydrogens is 330 g/mol. The number of para-hydroxylation sites is 2. The third-order valence-corrected chi connectivity index (χ3v) is 4.00. The molecule has 1 aromatic heterocycles. The van der Waals surface area contributed by atoms with Crippen LogP contribution in [0.2, 0.25) is 0 Å². The molecule has 3 rings (SSSR count). The van der Waals surface area contributed by atoms with Crippen molar-refractivity contribution in [2.45, 2.75) is 26.8 Å². The Kier molecular flexibility index (Phi) is 5.31. The number of ether oxygens (including phenoxy) is 1. The Hall–Kier alpha value is -3.15. The van der Waals surface area contributed by atoms with E-state index in [2.05, 4.69) is 10.3 Å². The number of hydrogen-bond acceptors (Lipinski definition) is 4. The lowest BCUT2D eigenvalue weighted by Gasteiger charge is -2.13. The highest BCUT2D eigenvalue weighted by Crippen LogP contribution is 2.21. The minimum Gasteiger partial charge on any atom is -0.494 e. The van der Waals surface area contributed by atoms with Crippen LogP contribution in [-0.4, -0.2) is 22.1 Å². The molecule has 0 fully saturated rings. The van der Waals surface area contributed by atoms with Crippen LogP contribution in [0, 0.1) is 6.92 Å². The number of amides is 1. The highest BCUT2D eigenvalue weighted by Gasteiger charge is 2.10. The summed E-state index contributed by atoms with van der Waals surface area (Å²) in [7, 11) is 0. The third-order valence-electron chi connectivity index (χ3n) is 4.00. The average molecular weight is 351 g/mol. The SMILES string of the molecule is CCCOc1ccc(NC(=O)Cn2c(=O)cnc3ccccc32)c(C)c1. The van der Waals surface area contributed by atoms with Crippen LogP contribution in [0.4, 0.5) is 5.69 Å². The van der Waals surface area contributed by atoms with Crippen molar-refractivity contribution in [2.75, 3.05) is 11.9 Å². The topological polar surface area (TPSA) is 73.2 Å². The smallest absolute Gasteiger partial charge is 0.269 e. The van der Waals surface area contributed by atoms with Crippen LogP contribution in [0.1, 0.15) is 18.9 Å². The normalized spacial score (nSPS) is 10.7. The second-order valence-electron chi connectivity index (χ2n) is 6.04. The van der Waals surface area contributed by atoms with Gasteiger partial charge in [-0.15, -0.1) is 0 Å². The molecule has 26 heavy (non-hydrogen) atoms. The fraction of sp³-hybridized carbons (Fsp3) is 0.250. The van der Waals surface area contributed by atoms with Crippen molar-refractivity contribution in [1.82, 2.24) is 9.55 Å². The van der Waals surface area contributed by atoms with E-state index < -0.39 is 0 Å². The number of hydrogen-bond donors (Lipinski definition) is 1. The molecule has 2 aromatic carbocycles. The van der Waals surface area contributed by atoms with Gasteiger partial charge in [-0.25, -0.2) is 4.98 Å². The number of nitrogens with one attached hydrogen (secondary N) is 1. The third kappa shape index (κ3) is 3.91. The van der Waals surface area contributed by atoms with Gasteiger partial charge in [0.1, 0.15) is 12.3 Å². The number of anilines is 1. The zero-order chi connectivity index (χ0) is 18.5. The van der Waals surface area contributed by atoms with E-state index in [1.54, 1.807) is 6.07 Å². The molecule has 0 aliphatic rings. The lowest BCUT2D eigenvalue weighted by atomic mass is 10.2. The number of rotatable bonds is 6. The van der Waals surface area contributed by atoms with Crippen LogP contribution in [-0.2, 0) is 11.3 Å². The Morgan fingerprint density at radius 1 is 1.23 bits per heavy atom. The van der Waals surface area contributed by atoms with Gasteiger partial charge >= 0.3 is 0 Å². The highest BCUT2D eigenvalue weighted by atomic mass is 16.5. The fourth-order valence-electron chi connectivity index (χ4n) is 2.70. The van der Waals surface area contributed by atoms with Gasteiger partial charge in [-0.2, -0.15) is 0 Å². The maximum absolute atomic E-state index is 12.5. The summed E-state index contributed by atoms with van der Waals surface area (Å²) in [5.41, 5.74) is 2.60. The molecule has 0 saturated carbocycles. The van der Waals surface area contributed by atoms with E-state index in [4.69, 9.17) is 4.74 Å². The molecule has 3 aromatic rings. The van der Waals surface area contributed by atoms with Gasteiger partial charge in [-0.1, -0.05) is 19.1 Å². The molecule has 0 saturated heterocycles. The molecule has 0 atom stereocenters. The number of aryl methyl sites for hydroxylation is 1. The zero-order valence-electron chi connectivity index (χ0n) is 14.9. The van der Waals surface area contributed by atoms with Crippen molar-refractivity contribution in [3.8, 4) is 5.75 Å². The first-order chi connectivity index (χ1) is 12.6. The van der Waals surface area contributed by atoms with Gasteiger partial charge in [-0.05, 0) is 49.2 Å².